The number of nitro benzene ring substituents is 1. The van der Waals surface area contributed by atoms with E-state index in [1.165, 1.54) is 0 Å². The lowest BCUT2D eigenvalue weighted by molar-refractivity contribution is -0.386. The van der Waals surface area contributed by atoms with Crippen LogP contribution in [-0.2, 0) is 0 Å². The van der Waals surface area contributed by atoms with E-state index >= 15 is 0 Å². The number of halogens is 1. The maximum Gasteiger partial charge on any atom is 0.314 e. The zero-order valence-corrected chi connectivity index (χ0v) is 10.3. The van der Waals surface area contributed by atoms with Crippen LogP contribution in [0.1, 0.15) is 30.9 Å². The molecule has 0 aliphatic rings. The number of phenolic OH excluding ortho intramolecular Hbond substituents is 1. The van der Waals surface area contributed by atoms with Crippen molar-refractivity contribution in [3.63, 3.8) is 0 Å². The number of nitro groups is 1. The first-order valence-corrected chi connectivity index (χ1v) is 5.32. The van der Waals surface area contributed by atoms with Gasteiger partial charge in [0.1, 0.15) is 0 Å². The van der Waals surface area contributed by atoms with Crippen molar-refractivity contribution in [3.05, 3.63) is 31.8 Å². The van der Waals surface area contributed by atoms with Gasteiger partial charge in [-0.25, -0.2) is 0 Å². The first-order valence-electron chi connectivity index (χ1n) is 4.52. The van der Waals surface area contributed by atoms with Crippen molar-refractivity contribution in [2.24, 2.45) is 0 Å². The van der Waals surface area contributed by atoms with Gasteiger partial charge in [0, 0.05) is 15.6 Å². The summed E-state index contributed by atoms with van der Waals surface area (Å²) in [5.74, 6) is -0.184. The van der Waals surface area contributed by atoms with Gasteiger partial charge < -0.3 is 5.11 Å². The van der Waals surface area contributed by atoms with Gasteiger partial charge in [-0.15, -0.1) is 0 Å². The minimum Gasteiger partial charge on any atom is -0.502 e. The maximum atomic E-state index is 10.8. The largest absolute Gasteiger partial charge is 0.502 e. The Balaban J connectivity index is 3.56. The topological polar surface area (TPSA) is 63.4 Å². The highest BCUT2D eigenvalue weighted by Gasteiger charge is 2.24. The summed E-state index contributed by atoms with van der Waals surface area (Å²) >= 11 is 3.25. The first kappa shape index (κ1) is 12.0. The predicted molar refractivity (Wildman–Crippen MR) is 61.3 cm³/mol. The Bertz CT molecular complexity index is 416. The molecule has 4 nitrogen and oxygen atoms in total. The molecule has 15 heavy (non-hydrogen) atoms. The molecule has 0 amide bonds. The van der Waals surface area contributed by atoms with Gasteiger partial charge in [0.05, 0.1) is 4.92 Å². The highest BCUT2D eigenvalue weighted by Crippen LogP contribution is 2.40. The second-order valence-corrected chi connectivity index (χ2v) is 4.54. The zero-order valence-electron chi connectivity index (χ0n) is 8.74. The van der Waals surface area contributed by atoms with Crippen LogP contribution in [0.2, 0.25) is 0 Å². The summed E-state index contributed by atoms with van der Waals surface area (Å²) in [7, 11) is 0. The fraction of sp³-hybridized carbons (Fsp3) is 0.400. The second-order valence-electron chi connectivity index (χ2n) is 3.68. The minimum atomic E-state index is -0.554. The van der Waals surface area contributed by atoms with Gasteiger partial charge in [-0.1, -0.05) is 29.8 Å². The Hall–Kier alpha value is -1.10. The maximum absolute atomic E-state index is 10.8. The molecule has 0 aliphatic carbocycles. The highest BCUT2D eigenvalue weighted by atomic mass is 79.9. The molecule has 5 heteroatoms. The monoisotopic (exact) mass is 273 g/mol. The number of phenols is 1. The van der Waals surface area contributed by atoms with Crippen LogP contribution in [-0.4, -0.2) is 10.0 Å². The van der Waals surface area contributed by atoms with Crippen molar-refractivity contribution in [1.29, 1.82) is 0 Å². The molecule has 0 spiro atoms. The molecule has 1 aromatic carbocycles. The third-order valence-corrected chi connectivity index (χ3v) is 3.12. The molecule has 0 saturated heterocycles. The van der Waals surface area contributed by atoms with E-state index in [1.54, 1.807) is 13.0 Å². The van der Waals surface area contributed by atoms with Gasteiger partial charge >= 0.3 is 5.69 Å². The normalized spacial score (nSPS) is 10.7. The molecule has 0 aromatic heterocycles. The number of hydrogen-bond donors (Lipinski definition) is 1. The van der Waals surface area contributed by atoms with Gasteiger partial charge in [0.15, 0.2) is 5.75 Å². The summed E-state index contributed by atoms with van der Waals surface area (Å²) in [6, 6.07) is 1.72. The van der Waals surface area contributed by atoms with Gasteiger partial charge in [0.25, 0.3) is 0 Å². The van der Waals surface area contributed by atoms with Crippen molar-refractivity contribution in [2.75, 3.05) is 0 Å². The van der Waals surface area contributed by atoms with Gasteiger partial charge in [0.2, 0.25) is 0 Å². The molecule has 0 heterocycles. The van der Waals surface area contributed by atoms with E-state index in [2.05, 4.69) is 15.9 Å². The summed E-state index contributed by atoms with van der Waals surface area (Å²) < 4.78 is 0.649. The third kappa shape index (κ3) is 2.12. The molecule has 0 unspecified atom stereocenters. The zero-order chi connectivity index (χ0) is 11.7. The molecule has 0 radical (unpaired) electrons. The van der Waals surface area contributed by atoms with Crippen LogP contribution < -0.4 is 0 Å². The summed E-state index contributed by atoms with van der Waals surface area (Å²) in [5, 5.41) is 20.6. The fourth-order valence-electron chi connectivity index (χ4n) is 1.40. The quantitative estimate of drug-likeness (QED) is 0.663. The van der Waals surface area contributed by atoms with Crippen molar-refractivity contribution in [1.82, 2.24) is 0 Å². The van der Waals surface area contributed by atoms with Gasteiger partial charge in [-0.3, -0.25) is 10.1 Å². The molecule has 0 saturated carbocycles. The Morgan fingerprint density at radius 1 is 1.53 bits per heavy atom. The Kier molecular flexibility index (Phi) is 3.34. The van der Waals surface area contributed by atoms with Crippen LogP contribution in [0.25, 0.3) is 0 Å². The molecule has 0 atom stereocenters. The number of nitrogens with zero attached hydrogens (tertiary/aromatic N) is 1. The standard InChI is InChI=1S/C10H12BrNO3/c1-5(2)7-4-8(11)6(3)9(10(7)13)12(14)15/h4-5,13H,1-3H3. The molecule has 1 N–H and O–H groups in total. The Morgan fingerprint density at radius 3 is 2.47 bits per heavy atom. The van der Waals surface area contributed by atoms with Crippen LogP contribution in [0.5, 0.6) is 5.75 Å². The molecule has 0 aliphatic heterocycles. The van der Waals surface area contributed by atoms with Crippen molar-refractivity contribution < 1.29 is 10.0 Å². The fourth-order valence-corrected chi connectivity index (χ4v) is 1.84. The Labute approximate surface area is 96.2 Å². The van der Waals surface area contributed by atoms with E-state index in [0.29, 0.717) is 15.6 Å². The Morgan fingerprint density at radius 2 is 2.07 bits per heavy atom. The van der Waals surface area contributed by atoms with E-state index in [4.69, 9.17) is 0 Å². The van der Waals surface area contributed by atoms with E-state index in [-0.39, 0.29) is 17.4 Å². The van der Waals surface area contributed by atoms with Gasteiger partial charge in [-0.05, 0) is 18.9 Å². The van der Waals surface area contributed by atoms with Crippen LogP contribution in [0.4, 0.5) is 5.69 Å². The third-order valence-electron chi connectivity index (χ3n) is 2.30. The SMILES string of the molecule is Cc1c(Br)cc(C(C)C)c(O)c1[N+](=O)[O-]. The van der Waals surface area contributed by atoms with Crippen molar-refractivity contribution in [2.45, 2.75) is 26.7 Å². The molecule has 1 rings (SSSR count). The van der Waals surface area contributed by atoms with E-state index in [0.717, 1.165) is 0 Å². The van der Waals surface area contributed by atoms with E-state index < -0.39 is 4.92 Å². The highest BCUT2D eigenvalue weighted by molar-refractivity contribution is 9.10. The first-order chi connectivity index (χ1) is 6.86. The summed E-state index contributed by atoms with van der Waals surface area (Å²) in [6.45, 7) is 5.35. The number of aromatic hydroxyl groups is 1. The lowest BCUT2D eigenvalue weighted by Crippen LogP contribution is -1.98. The van der Waals surface area contributed by atoms with E-state index in [9.17, 15) is 15.2 Å². The van der Waals surface area contributed by atoms with Crippen LogP contribution in [0.3, 0.4) is 0 Å². The number of rotatable bonds is 2. The van der Waals surface area contributed by atoms with Crippen LogP contribution >= 0.6 is 15.9 Å². The number of benzene rings is 1. The summed E-state index contributed by atoms with van der Waals surface area (Å²) in [5.41, 5.74) is 0.814. The second kappa shape index (κ2) is 4.18. The van der Waals surface area contributed by atoms with Crippen molar-refractivity contribution in [3.8, 4) is 5.75 Å². The van der Waals surface area contributed by atoms with Crippen molar-refractivity contribution >= 4 is 21.6 Å². The van der Waals surface area contributed by atoms with Gasteiger partial charge in [-0.2, -0.15) is 0 Å². The van der Waals surface area contributed by atoms with Crippen LogP contribution in [0, 0.1) is 17.0 Å². The average Bonchev–Trinajstić information content (AvgIpc) is 2.10. The summed E-state index contributed by atoms with van der Waals surface area (Å²) in [4.78, 5) is 10.2. The lowest BCUT2D eigenvalue weighted by Gasteiger charge is -2.11. The van der Waals surface area contributed by atoms with Crippen LogP contribution in [0.15, 0.2) is 10.5 Å². The lowest BCUT2D eigenvalue weighted by atomic mass is 9.99. The molecule has 0 fully saturated rings. The minimum absolute atomic E-state index is 0.0422. The van der Waals surface area contributed by atoms with E-state index in [1.807, 2.05) is 13.8 Å². The molecular weight excluding hydrogens is 262 g/mol. The summed E-state index contributed by atoms with van der Waals surface area (Å²) in [6.07, 6.45) is 0. The predicted octanol–water partition coefficient (Wildman–Crippen LogP) is 3.49. The number of hydrogen-bond acceptors (Lipinski definition) is 3. The average molecular weight is 274 g/mol. The molecular formula is C10H12BrNO3. The molecule has 0 bridgehead atoms. The smallest absolute Gasteiger partial charge is 0.314 e. The molecule has 82 valence electrons. The molecule has 1 aromatic rings.